The number of carbonyl (C=O) groups is 8. The summed E-state index contributed by atoms with van der Waals surface area (Å²) in [5.74, 6) is -2.01. The lowest BCUT2D eigenvalue weighted by atomic mass is 10.2. The topological polar surface area (TPSA) is 373 Å². The van der Waals surface area contributed by atoms with Gasteiger partial charge in [-0.2, -0.15) is 0 Å². The Morgan fingerprint density at radius 2 is 0.872 bits per heavy atom. The molecule has 2 aliphatic heterocycles. The molecule has 2 saturated heterocycles. The van der Waals surface area contributed by atoms with Crippen molar-refractivity contribution < 1.29 is 95.2 Å². The maximum Gasteiger partial charge on any atom is 0.242 e. The Hall–Kier alpha value is -4.36. The maximum absolute atomic E-state index is 12.9. The van der Waals surface area contributed by atoms with E-state index in [9.17, 15) is 38.4 Å². The van der Waals surface area contributed by atoms with Gasteiger partial charge in [-0.1, -0.05) is 5.21 Å². The van der Waals surface area contributed by atoms with Gasteiger partial charge in [-0.15, -0.1) is 28.6 Å². The molecule has 2 aliphatic rings. The molecule has 30 nitrogen and oxygen atoms in total. The SMILES string of the molecule is Cc1cn(CCOCCOCCOCCOCCOCCOCCOCCOCCOCCNC(=O)CCSC2CC(=O)N(CCC(=O)NCCCOCCOCCOCCCNC(=O)CCN3C(=O)CC(SCC(N)C(=O)CN)C3=O)C2=O)nn1. The quantitative estimate of drug-likeness (QED) is 0.0337. The Balaban J connectivity index is 0.976. The van der Waals surface area contributed by atoms with Crippen molar-refractivity contribution in [3.8, 4) is 0 Å². The van der Waals surface area contributed by atoms with E-state index in [-0.39, 0.29) is 105 Å². The molecule has 0 radical (unpaired) electrons. The fraction of sp³-hybridized carbons (Fsp3) is 0.815. The number of nitrogens with one attached hydrogen (secondary N) is 3. The van der Waals surface area contributed by atoms with Gasteiger partial charge in [-0.25, -0.2) is 4.68 Å². The molecule has 1 aromatic heterocycles. The summed E-state index contributed by atoms with van der Waals surface area (Å²) in [5, 5.41) is 15.0. The number of thioether (sulfide) groups is 2. The molecule has 0 saturated carbocycles. The molecular formula is C54H94N10O20S2. The highest BCUT2D eigenvalue weighted by atomic mass is 32.2. The van der Waals surface area contributed by atoms with Crippen molar-refractivity contribution in [1.82, 2.24) is 40.7 Å². The van der Waals surface area contributed by atoms with Crippen molar-refractivity contribution in [2.75, 3.05) is 209 Å². The molecule has 3 heterocycles. The molecule has 3 unspecified atom stereocenters. The standard InChI is InChI=1S/C54H94N10O20S2/c1-43-41-62(61-60-43)12-16-76-20-24-79-26-28-81-30-32-83-34-36-84-35-33-82-31-29-80-27-25-78-23-19-75-15-9-59-50(68)6-37-85-46-38-51(69)63(53(46)71)10-4-48(66)57-7-2-13-73-17-21-77-22-18-74-14-3-8-58-49(67)5-11-64-52(70)39-47(54(64)72)86-42-44(56)45(65)40-55/h41,44,46-47H,2-40,42,55-56H2,1H3,(H,57,66)(H,58,67)(H,59,68). The van der Waals surface area contributed by atoms with E-state index in [0.717, 1.165) is 27.3 Å². The van der Waals surface area contributed by atoms with Crippen LogP contribution in [0.5, 0.6) is 0 Å². The molecule has 3 atom stereocenters. The zero-order chi connectivity index (χ0) is 62.1. The number of hydrogen-bond donors (Lipinski definition) is 5. The van der Waals surface area contributed by atoms with Crippen LogP contribution in [-0.2, 0) is 102 Å². The number of carbonyl (C=O) groups excluding carboxylic acids is 8. The van der Waals surface area contributed by atoms with Crippen LogP contribution in [0.25, 0.3) is 0 Å². The number of nitrogens with two attached hydrogens (primary N) is 2. The summed E-state index contributed by atoms with van der Waals surface area (Å²) in [6.07, 6.45) is 3.13. The van der Waals surface area contributed by atoms with Crippen molar-refractivity contribution in [3.05, 3.63) is 11.9 Å². The molecule has 3 rings (SSSR count). The lowest BCUT2D eigenvalue weighted by molar-refractivity contribution is -0.140. The largest absolute Gasteiger partial charge is 0.379 e. The molecule has 86 heavy (non-hydrogen) atoms. The Labute approximate surface area is 512 Å². The molecule has 32 heteroatoms. The van der Waals surface area contributed by atoms with E-state index >= 15 is 0 Å². The number of rotatable bonds is 59. The number of nitrogens with zero attached hydrogens (tertiary/aromatic N) is 5. The second-order valence-electron chi connectivity index (χ2n) is 19.1. The molecule has 1 aromatic rings. The third kappa shape index (κ3) is 37.5. The van der Waals surface area contributed by atoms with Crippen molar-refractivity contribution >= 4 is 70.7 Å². The van der Waals surface area contributed by atoms with Crippen LogP contribution in [0.1, 0.15) is 50.6 Å². The van der Waals surface area contributed by atoms with Crippen LogP contribution in [0, 0.1) is 6.92 Å². The first-order valence-corrected chi connectivity index (χ1v) is 31.5. The molecule has 0 bridgehead atoms. The zero-order valence-electron chi connectivity index (χ0n) is 50.0. The van der Waals surface area contributed by atoms with Crippen molar-refractivity contribution in [1.29, 1.82) is 0 Å². The van der Waals surface area contributed by atoms with Gasteiger partial charge in [-0.05, 0) is 19.8 Å². The first-order chi connectivity index (χ1) is 41.9. The Morgan fingerprint density at radius 3 is 1.27 bits per heavy atom. The van der Waals surface area contributed by atoms with Crippen LogP contribution >= 0.6 is 23.5 Å². The van der Waals surface area contributed by atoms with Crippen LogP contribution in [-0.4, -0.2) is 298 Å². The molecule has 492 valence electrons. The predicted molar refractivity (Wildman–Crippen MR) is 314 cm³/mol. The summed E-state index contributed by atoms with van der Waals surface area (Å²) < 4.78 is 67.8. The van der Waals surface area contributed by atoms with Crippen molar-refractivity contribution in [2.45, 2.75) is 75.0 Å². The van der Waals surface area contributed by atoms with E-state index in [1.807, 2.05) is 13.1 Å². The van der Waals surface area contributed by atoms with Crippen LogP contribution in [0.3, 0.4) is 0 Å². The van der Waals surface area contributed by atoms with Crippen LogP contribution in [0.15, 0.2) is 6.20 Å². The average molecular weight is 1270 g/mol. The number of Topliss-reactive ketones (excluding diaryl/α,β-unsaturated/α-hetero) is 1. The van der Waals surface area contributed by atoms with E-state index in [1.165, 1.54) is 11.8 Å². The first-order valence-electron chi connectivity index (χ1n) is 29.4. The van der Waals surface area contributed by atoms with E-state index in [4.69, 9.17) is 68.3 Å². The van der Waals surface area contributed by atoms with Gasteiger partial charge in [0.15, 0.2) is 5.78 Å². The van der Waals surface area contributed by atoms with Crippen molar-refractivity contribution in [3.63, 3.8) is 0 Å². The summed E-state index contributed by atoms with van der Waals surface area (Å²) in [7, 11) is 0. The minimum absolute atomic E-state index is 0.00176. The summed E-state index contributed by atoms with van der Waals surface area (Å²) >= 11 is 2.40. The summed E-state index contributed by atoms with van der Waals surface area (Å²) in [4.78, 5) is 101. The molecular weight excluding hydrogens is 1170 g/mol. The lowest BCUT2D eigenvalue weighted by Gasteiger charge is -2.15. The van der Waals surface area contributed by atoms with Gasteiger partial charge in [-0.3, -0.25) is 48.2 Å². The predicted octanol–water partition coefficient (Wildman–Crippen LogP) is -2.34. The second kappa shape index (κ2) is 50.5. The minimum atomic E-state index is -0.803. The summed E-state index contributed by atoms with van der Waals surface area (Å²) in [6.45, 7) is 13.6. The van der Waals surface area contributed by atoms with Gasteiger partial charge in [0, 0.05) is 95.7 Å². The zero-order valence-corrected chi connectivity index (χ0v) is 51.6. The Bertz CT molecular complexity index is 2060. The molecule has 0 spiro atoms. The Kier molecular flexibility index (Phi) is 44.6. The van der Waals surface area contributed by atoms with E-state index in [2.05, 4.69) is 26.3 Å². The molecule has 2 fully saturated rings. The van der Waals surface area contributed by atoms with E-state index in [0.29, 0.717) is 203 Å². The van der Waals surface area contributed by atoms with Crippen LogP contribution in [0.2, 0.25) is 0 Å². The fourth-order valence-corrected chi connectivity index (χ4v) is 9.89. The third-order valence-corrected chi connectivity index (χ3v) is 14.8. The fourth-order valence-electron chi connectivity index (χ4n) is 7.62. The van der Waals surface area contributed by atoms with E-state index < -0.39 is 16.5 Å². The van der Waals surface area contributed by atoms with Gasteiger partial charge in [0.1, 0.15) is 0 Å². The smallest absolute Gasteiger partial charge is 0.242 e. The number of aryl methyl sites for hydroxylation is 1. The summed E-state index contributed by atoms with van der Waals surface area (Å²) in [6, 6.07) is -0.803. The minimum Gasteiger partial charge on any atom is -0.379 e. The molecule has 0 aliphatic carbocycles. The molecule has 7 amide bonds. The van der Waals surface area contributed by atoms with Gasteiger partial charge < -0.3 is 84.3 Å². The van der Waals surface area contributed by atoms with E-state index in [1.54, 1.807) is 4.68 Å². The monoisotopic (exact) mass is 1270 g/mol. The second-order valence-corrected chi connectivity index (χ2v) is 21.7. The number of hydrogen-bond acceptors (Lipinski definition) is 26. The van der Waals surface area contributed by atoms with Gasteiger partial charge in [0.2, 0.25) is 41.4 Å². The highest BCUT2D eigenvalue weighted by molar-refractivity contribution is 8.01. The number of aromatic nitrogens is 3. The highest BCUT2D eigenvalue weighted by Gasteiger charge is 2.40. The van der Waals surface area contributed by atoms with Crippen molar-refractivity contribution in [2.24, 2.45) is 11.5 Å². The first kappa shape index (κ1) is 75.9. The van der Waals surface area contributed by atoms with Crippen LogP contribution in [0.4, 0.5) is 0 Å². The van der Waals surface area contributed by atoms with Gasteiger partial charge in [0.05, 0.1) is 181 Å². The average Bonchev–Trinajstić information content (AvgIpc) is 2.63. The maximum atomic E-state index is 12.9. The molecule has 0 aromatic carbocycles. The number of ketones is 1. The van der Waals surface area contributed by atoms with Gasteiger partial charge in [0.25, 0.3) is 0 Å². The number of imide groups is 2. The number of amides is 7. The summed E-state index contributed by atoms with van der Waals surface area (Å²) in [5.41, 5.74) is 11.9. The normalized spacial score (nSPS) is 15.6. The number of ether oxygens (including phenoxy) is 12. The lowest BCUT2D eigenvalue weighted by Crippen LogP contribution is -2.39. The number of likely N-dealkylation sites (tertiary alicyclic amines) is 2. The van der Waals surface area contributed by atoms with Crippen LogP contribution < -0.4 is 27.4 Å². The van der Waals surface area contributed by atoms with Gasteiger partial charge >= 0.3 is 0 Å². The third-order valence-electron chi connectivity index (χ3n) is 12.3. The highest BCUT2D eigenvalue weighted by Crippen LogP contribution is 2.27. The molecule has 7 N–H and O–H groups in total. The Morgan fingerprint density at radius 1 is 0.512 bits per heavy atom.